The summed E-state index contributed by atoms with van der Waals surface area (Å²) in [4.78, 5) is 37.6. The summed E-state index contributed by atoms with van der Waals surface area (Å²) in [7, 11) is 0. The van der Waals surface area contributed by atoms with Crippen molar-refractivity contribution in [1.82, 2.24) is 0 Å². The molecule has 2 heterocycles. The molecular formula is C27H38O8. The van der Waals surface area contributed by atoms with E-state index in [0.29, 0.717) is 24.0 Å². The molecule has 1 aliphatic carbocycles. The second-order valence-electron chi connectivity index (χ2n) is 10.2. The van der Waals surface area contributed by atoms with Gasteiger partial charge in [-0.05, 0) is 54.9 Å². The summed E-state index contributed by atoms with van der Waals surface area (Å²) in [5, 5.41) is 0. The van der Waals surface area contributed by atoms with E-state index in [0.717, 1.165) is 5.57 Å². The summed E-state index contributed by atoms with van der Waals surface area (Å²) in [6.45, 7) is 18.0. The van der Waals surface area contributed by atoms with Crippen LogP contribution in [0.3, 0.4) is 0 Å². The molecule has 3 aliphatic rings. The molecule has 0 aromatic rings. The fourth-order valence-electron chi connectivity index (χ4n) is 4.81. The summed E-state index contributed by atoms with van der Waals surface area (Å²) < 4.78 is 29.9. The minimum atomic E-state index is -0.949. The van der Waals surface area contributed by atoms with E-state index >= 15 is 0 Å². The van der Waals surface area contributed by atoms with Gasteiger partial charge in [-0.2, -0.15) is 0 Å². The zero-order chi connectivity index (χ0) is 26.3. The molecule has 3 rings (SSSR count). The average molecular weight is 491 g/mol. The molecule has 8 heteroatoms. The third-order valence-electron chi connectivity index (χ3n) is 7.68. The van der Waals surface area contributed by atoms with Crippen LogP contribution in [-0.2, 0) is 38.1 Å². The highest BCUT2D eigenvalue weighted by Gasteiger charge is 2.69. The van der Waals surface area contributed by atoms with Crippen molar-refractivity contribution in [2.24, 2.45) is 5.92 Å². The Morgan fingerprint density at radius 2 is 1.34 bits per heavy atom. The van der Waals surface area contributed by atoms with E-state index in [2.05, 4.69) is 6.58 Å². The number of rotatable bonds is 6. The molecule has 194 valence electrons. The van der Waals surface area contributed by atoms with E-state index < -0.39 is 53.5 Å². The Morgan fingerprint density at radius 3 is 1.86 bits per heavy atom. The van der Waals surface area contributed by atoms with Crippen molar-refractivity contribution in [3.05, 3.63) is 35.5 Å². The number of epoxide rings is 2. The van der Waals surface area contributed by atoms with Gasteiger partial charge in [0.15, 0.2) is 6.10 Å². The maximum Gasteiger partial charge on any atom is 0.333 e. The van der Waals surface area contributed by atoms with Crippen molar-refractivity contribution < 1.29 is 38.1 Å². The van der Waals surface area contributed by atoms with Crippen LogP contribution in [0.25, 0.3) is 0 Å². The summed E-state index contributed by atoms with van der Waals surface area (Å²) in [5.74, 6) is -1.78. The van der Waals surface area contributed by atoms with Gasteiger partial charge in [0.1, 0.15) is 23.4 Å². The van der Waals surface area contributed by atoms with Crippen LogP contribution >= 0.6 is 0 Å². The summed E-state index contributed by atoms with van der Waals surface area (Å²) >= 11 is 0. The molecule has 0 radical (unpaired) electrons. The van der Waals surface area contributed by atoms with Crippen LogP contribution in [0.2, 0.25) is 0 Å². The molecule has 0 spiro atoms. The molecule has 8 atom stereocenters. The number of hydrogen-bond acceptors (Lipinski definition) is 8. The molecule has 2 saturated heterocycles. The van der Waals surface area contributed by atoms with Gasteiger partial charge < -0.3 is 23.7 Å². The van der Waals surface area contributed by atoms with Crippen LogP contribution in [-0.4, -0.2) is 59.6 Å². The van der Waals surface area contributed by atoms with Crippen molar-refractivity contribution in [3.63, 3.8) is 0 Å². The first-order chi connectivity index (χ1) is 16.3. The number of allylic oxidation sites excluding steroid dienone is 2. The van der Waals surface area contributed by atoms with Crippen LogP contribution in [0, 0.1) is 5.92 Å². The van der Waals surface area contributed by atoms with Gasteiger partial charge in [0, 0.05) is 30.4 Å². The first-order valence-corrected chi connectivity index (χ1v) is 12.1. The fourth-order valence-corrected chi connectivity index (χ4v) is 4.81. The smallest absolute Gasteiger partial charge is 0.333 e. The molecule has 1 saturated carbocycles. The zero-order valence-corrected chi connectivity index (χ0v) is 22.0. The molecule has 8 unspecified atom stereocenters. The molecular weight excluding hydrogens is 452 g/mol. The van der Waals surface area contributed by atoms with E-state index in [1.54, 1.807) is 39.8 Å². The summed E-state index contributed by atoms with van der Waals surface area (Å²) in [6.07, 6.45) is 1.24. The molecule has 0 aromatic carbocycles. The molecule has 0 bridgehead atoms. The normalized spacial score (nSPS) is 38.9. The quantitative estimate of drug-likeness (QED) is 0.181. The lowest BCUT2D eigenvalue weighted by Crippen LogP contribution is -2.51. The Labute approximate surface area is 207 Å². The van der Waals surface area contributed by atoms with Gasteiger partial charge in [-0.25, -0.2) is 9.59 Å². The molecule has 35 heavy (non-hydrogen) atoms. The maximum absolute atomic E-state index is 12.8. The van der Waals surface area contributed by atoms with E-state index in [1.165, 1.54) is 6.92 Å². The van der Waals surface area contributed by atoms with Crippen molar-refractivity contribution >= 4 is 17.9 Å². The van der Waals surface area contributed by atoms with Crippen LogP contribution in [0.5, 0.6) is 0 Å². The van der Waals surface area contributed by atoms with Gasteiger partial charge in [0.05, 0.1) is 12.2 Å². The number of carbonyl (C=O) groups is 3. The monoisotopic (exact) mass is 490 g/mol. The van der Waals surface area contributed by atoms with E-state index in [-0.39, 0.29) is 12.0 Å². The number of carbonyl (C=O) groups excluding carboxylic acids is 3. The second kappa shape index (κ2) is 9.90. The third kappa shape index (κ3) is 5.38. The topological polar surface area (TPSA) is 104 Å². The number of esters is 3. The van der Waals surface area contributed by atoms with Crippen molar-refractivity contribution in [1.29, 1.82) is 0 Å². The molecule has 0 aromatic heterocycles. The zero-order valence-electron chi connectivity index (χ0n) is 22.0. The second-order valence-corrected chi connectivity index (χ2v) is 10.2. The first-order valence-electron chi connectivity index (χ1n) is 12.1. The van der Waals surface area contributed by atoms with Gasteiger partial charge in [-0.15, -0.1) is 0 Å². The van der Waals surface area contributed by atoms with Gasteiger partial charge in [-0.1, -0.05) is 24.3 Å². The number of fused-ring (bicyclic) bond motifs is 2. The summed E-state index contributed by atoms with van der Waals surface area (Å²) in [5.41, 5.74) is 0.0396. The Morgan fingerprint density at radius 1 is 0.829 bits per heavy atom. The molecule has 2 aliphatic heterocycles. The van der Waals surface area contributed by atoms with Gasteiger partial charge >= 0.3 is 17.9 Å². The van der Waals surface area contributed by atoms with Crippen molar-refractivity contribution in [2.75, 3.05) is 0 Å². The van der Waals surface area contributed by atoms with Gasteiger partial charge in [0.25, 0.3) is 0 Å². The van der Waals surface area contributed by atoms with Crippen LogP contribution in [0.15, 0.2) is 35.5 Å². The highest BCUT2D eigenvalue weighted by molar-refractivity contribution is 5.88. The van der Waals surface area contributed by atoms with E-state index in [1.807, 2.05) is 20.8 Å². The molecule has 0 amide bonds. The predicted octanol–water partition coefficient (Wildman–Crippen LogP) is 3.98. The SMILES string of the molecule is C=C(C)C1CC2OC2(C)C(OC(=O)C(C)=CC)CC2OC2(C)C(OC(=O)C(C)=CC)C1OC(C)=O. The van der Waals surface area contributed by atoms with E-state index in [4.69, 9.17) is 23.7 Å². The highest BCUT2D eigenvalue weighted by atomic mass is 16.7. The lowest BCUT2D eigenvalue weighted by atomic mass is 9.77. The first kappa shape index (κ1) is 27.1. The molecule has 0 N–H and O–H groups in total. The Balaban J connectivity index is 2.02. The summed E-state index contributed by atoms with van der Waals surface area (Å²) in [6, 6.07) is 0. The minimum Gasteiger partial charge on any atom is -0.458 e. The van der Waals surface area contributed by atoms with Crippen LogP contribution < -0.4 is 0 Å². The maximum atomic E-state index is 12.8. The molecule has 8 nitrogen and oxygen atoms in total. The largest absolute Gasteiger partial charge is 0.458 e. The Kier molecular flexibility index (Phi) is 7.67. The Bertz CT molecular complexity index is 964. The fraction of sp³-hybridized carbons (Fsp3) is 0.667. The minimum absolute atomic E-state index is 0.261. The molecule has 3 fully saturated rings. The number of ether oxygens (including phenoxy) is 5. The van der Waals surface area contributed by atoms with Crippen molar-refractivity contribution in [2.45, 2.75) is 110 Å². The lowest BCUT2D eigenvalue weighted by molar-refractivity contribution is -0.174. The number of hydrogen-bond donors (Lipinski definition) is 0. The third-order valence-corrected chi connectivity index (χ3v) is 7.68. The Hall–Kier alpha value is -2.45. The predicted molar refractivity (Wildman–Crippen MR) is 128 cm³/mol. The van der Waals surface area contributed by atoms with Gasteiger partial charge in [-0.3, -0.25) is 4.79 Å². The lowest BCUT2D eigenvalue weighted by Gasteiger charge is -2.36. The van der Waals surface area contributed by atoms with Crippen LogP contribution in [0.1, 0.15) is 68.2 Å². The van der Waals surface area contributed by atoms with Crippen LogP contribution in [0.4, 0.5) is 0 Å². The average Bonchev–Trinajstić information content (AvgIpc) is 3.66. The van der Waals surface area contributed by atoms with E-state index in [9.17, 15) is 14.4 Å². The standard InChI is InChI=1S/C27H38O8/c1-10-15(5)24(29)32-19-13-21-27(9,35-21)23(33-25(30)16(6)11-2)22(31-17(7)28)18(14(3)4)12-20-26(19,8)34-20/h10-11,18-23H,3,12-13H2,1-2,4-9H3. The van der Waals surface area contributed by atoms with Crippen molar-refractivity contribution in [3.8, 4) is 0 Å². The van der Waals surface area contributed by atoms with Gasteiger partial charge in [0.2, 0.25) is 0 Å². The highest BCUT2D eigenvalue weighted by Crippen LogP contribution is 2.54.